The average molecular weight is 277 g/mol. The molecule has 1 fully saturated rings. The van der Waals surface area contributed by atoms with Gasteiger partial charge in [-0.3, -0.25) is 9.59 Å². The second-order valence-corrected chi connectivity index (χ2v) is 5.90. The third-order valence-corrected chi connectivity index (χ3v) is 4.64. The lowest BCUT2D eigenvalue weighted by Gasteiger charge is -2.50. The van der Waals surface area contributed by atoms with E-state index in [4.69, 9.17) is 16.3 Å². The average Bonchev–Trinajstić information content (AvgIpc) is 2.23. The van der Waals surface area contributed by atoms with E-state index in [0.29, 0.717) is 12.8 Å². The number of rotatable bonds is 3. The topological polar surface area (TPSA) is 63.6 Å². The van der Waals surface area contributed by atoms with Crippen LogP contribution in [0.15, 0.2) is 0 Å². The van der Waals surface area contributed by atoms with Gasteiger partial charge in [0.25, 0.3) is 0 Å². The summed E-state index contributed by atoms with van der Waals surface area (Å²) in [6.07, 6.45) is 0.925. The first-order valence-corrected chi connectivity index (χ1v) is 6.66. The van der Waals surface area contributed by atoms with Crippen molar-refractivity contribution < 1.29 is 19.4 Å². The van der Waals surface area contributed by atoms with E-state index in [-0.39, 0.29) is 12.4 Å². The Kier molecular flexibility index (Phi) is 4.44. The highest BCUT2D eigenvalue weighted by Gasteiger charge is 2.60. The maximum absolute atomic E-state index is 12.1. The Bertz CT molecular complexity index is 353. The first-order valence-electron chi connectivity index (χ1n) is 6.22. The van der Waals surface area contributed by atoms with Gasteiger partial charge >= 0.3 is 5.97 Å². The summed E-state index contributed by atoms with van der Waals surface area (Å²) in [6.45, 7) is 6.50. The van der Waals surface area contributed by atoms with Crippen molar-refractivity contribution in [1.29, 1.82) is 0 Å². The highest BCUT2D eigenvalue weighted by molar-refractivity contribution is 6.22. The van der Waals surface area contributed by atoms with E-state index in [1.54, 1.807) is 13.8 Å². The predicted octanol–water partition coefficient (Wildman–Crippen LogP) is 1.91. The van der Waals surface area contributed by atoms with Gasteiger partial charge in [0.15, 0.2) is 0 Å². The molecule has 1 rings (SSSR count). The third kappa shape index (κ3) is 2.28. The molecule has 18 heavy (non-hydrogen) atoms. The van der Waals surface area contributed by atoms with Crippen LogP contribution in [0, 0.1) is 11.3 Å². The molecule has 4 nitrogen and oxygen atoms in total. The van der Waals surface area contributed by atoms with E-state index >= 15 is 0 Å². The van der Waals surface area contributed by atoms with Gasteiger partial charge < -0.3 is 9.84 Å². The fourth-order valence-electron chi connectivity index (χ4n) is 2.79. The number of esters is 1. The highest BCUT2D eigenvalue weighted by atomic mass is 35.5. The van der Waals surface area contributed by atoms with Gasteiger partial charge in [0.2, 0.25) is 0 Å². The molecule has 0 aliphatic heterocycles. The SMILES string of the molecule is CCOC(=O)[C@]1(C)CC[C@H](Cl)[C@@H](C(C)=O)[C@]1(C)O. The fraction of sp³-hybridized carbons (Fsp3) is 0.846. The molecule has 0 aromatic carbocycles. The van der Waals surface area contributed by atoms with E-state index in [2.05, 4.69) is 0 Å². The number of carbonyl (C=O) groups excluding carboxylic acids is 2. The normalized spacial score (nSPS) is 40.3. The van der Waals surface area contributed by atoms with Gasteiger partial charge in [-0.05, 0) is 40.5 Å². The molecular weight excluding hydrogens is 256 g/mol. The van der Waals surface area contributed by atoms with E-state index in [0.717, 1.165) is 0 Å². The van der Waals surface area contributed by atoms with Crippen LogP contribution in [0.1, 0.15) is 40.5 Å². The summed E-state index contributed by atoms with van der Waals surface area (Å²) in [5, 5.41) is 10.2. The Morgan fingerprint density at radius 1 is 1.44 bits per heavy atom. The van der Waals surface area contributed by atoms with Gasteiger partial charge in [0.1, 0.15) is 5.78 Å². The van der Waals surface area contributed by atoms with Crippen molar-refractivity contribution in [2.75, 3.05) is 6.61 Å². The summed E-state index contributed by atoms with van der Waals surface area (Å²) < 4.78 is 5.03. The van der Waals surface area contributed by atoms with Crippen LogP contribution < -0.4 is 0 Å². The third-order valence-electron chi connectivity index (χ3n) is 4.17. The van der Waals surface area contributed by atoms with Gasteiger partial charge in [-0.25, -0.2) is 0 Å². The maximum atomic E-state index is 12.1. The fourth-order valence-corrected chi connectivity index (χ4v) is 3.32. The molecule has 1 saturated carbocycles. The van der Waals surface area contributed by atoms with Crippen LogP contribution in [0.3, 0.4) is 0 Å². The number of hydrogen-bond donors (Lipinski definition) is 1. The molecule has 104 valence electrons. The molecule has 0 spiro atoms. The van der Waals surface area contributed by atoms with Crippen LogP contribution in [-0.2, 0) is 14.3 Å². The Morgan fingerprint density at radius 3 is 2.44 bits per heavy atom. The molecule has 0 saturated heterocycles. The van der Waals surface area contributed by atoms with E-state index in [1.807, 2.05) is 0 Å². The van der Waals surface area contributed by atoms with E-state index in [9.17, 15) is 14.7 Å². The second-order valence-electron chi connectivity index (χ2n) is 5.34. The van der Waals surface area contributed by atoms with Gasteiger partial charge in [0, 0.05) is 5.38 Å². The van der Waals surface area contributed by atoms with Crippen molar-refractivity contribution in [3.05, 3.63) is 0 Å². The van der Waals surface area contributed by atoms with Crippen LogP contribution in [-0.4, -0.2) is 34.4 Å². The van der Waals surface area contributed by atoms with E-state index in [1.165, 1.54) is 13.8 Å². The summed E-state index contributed by atoms with van der Waals surface area (Å²) in [5.74, 6) is -1.41. The number of ketones is 1. The zero-order valence-corrected chi connectivity index (χ0v) is 12.1. The first-order chi connectivity index (χ1) is 8.18. The number of halogens is 1. The molecule has 0 unspecified atom stereocenters. The number of alkyl halides is 1. The molecule has 0 heterocycles. The van der Waals surface area contributed by atoms with Crippen molar-refractivity contribution in [3.63, 3.8) is 0 Å². The smallest absolute Gasteiger partial charge is 0.314 e. The predicted molar refractivity (Wildman–Crippen MR) is 68.4 cm³/mol. The van der Waals surface area contributed by atoms with Crippen LogP contribution in [0.25, 0.3) is 0 Å². The van der Waals surface area contributed by atoms with E-state index < -0.39 is 28.3 Å². The van der Waals surface area contributed by atoms with Gasteiger partial charge in [-0.1, -0.05) is 0 Å². The molecular formula is C13H21ClO4. The molecule has 1 aliphatic carbocycles. The Balaban J connectivity index is 3.15. The number of hydrogen-bond acceptors (Lipinski definition) is 4. The molecule has 5 heteroatoms. The molecule has 1 aliphatic rings. The molecule has 1 N–H and O–H groups in total. The number of ether oxygens (including phenoxy) is 1. The zero-order chi connectivity index (χ0) is 14.1. The monoisotopic (exact) mass is 276 g/mol. The lowest BCUT2D eigenvalue weighted by atomic mass is 9.59. The van der Waals surface area contributed by atoms with Crippen molar-refractivity contribution in [2.24, 2.45) is 11.3 Å². The Morgan fingerprint density at radius 2 is 2.00 bits per heavy atom. The lowest BCUT2D eigenvalue weighted by molar-refractivity contribution is -0.187. The Labute approximate surface area is 113 Å². The number of aliphatic hydroxyl groups is 1. The van der Waals surface area contributed by atoms with Crippen molar-refractivity contribution >= 4 is 23.4 Å². The Hall–Kier alpha value is -0.610. The first kappa shape index (κ1) is 15.4. The highest BCUT2D eigenvalue weighted by Crippen LogP contribution is 2.49. The second kappa shape index (κ2) is 5.17. The van der Waals surface area contributed by atoms with Crippen LogP contribution >= 0.6 is 11.6 Å². The van der Waals surface area contributed by atoms with Gasteiger partial charge in [0.05, 0.1) is 23.5 Å². The van der Waals surface area contributed by atoms with Crippen molar-refractivity contribution in [2.45, 2.75) is 51.5 Å². The summed E-state index contributed by atoms with van der Waals surface area (Å²) in [5.41, 5.74) is -2.58. The lowest BCUT2D eigenvalue weighted by Crippen LogP contribution is -2.61. The van der Waals surface area contributed by atoms with Gasteiger partial charge in [-0.2, -0.15) is 0 Å². The van der Waals surface area contributed by atoms with Crippen molar-refractivity contribution in [3.8, 4) is 0 Å². The molecule has 0 aromatic heterocycles. The molecule has 0 aromatic rings. The standard InChI is InChI=1S/C13H21ClO4/c1-5-18-11(16)12(3)7-6-9(14)10(8(2)15)13(12,4)17/h9-10,17H,5-7H2,1-4H3/t9-,10+,12-,13-/m0/s1. The molecule has 0 bridgehead atoms. The summed E-state index contributed by atoms with van der Waals surface area (Å²) in [6, 6.07) is 0. The summed E-state index contributed by atoms with van der Waals surface area (Å²) >= 11 is 6.14. The molecule has 0 amide bonds. The van der Waals surface area contributed by atoms with Crippen LogP contribution in [0.2, 0.25) is 0 Å². The number of Topliss-reactive ketones (excluding diaryl/α,β-unsaturated/α-hetero) is 1. The maximum Gasteiger partial charge on any atom is 0.314 e. The summed E-state index contributed by atoms with van der Waals surface area (Å²) in [4.78, 5) is 23.8. The minimum Gasteiger partial charge on any atom is -0.465 e. The minimum atomic E-state index is -1.49. The van der Waals surface area contributed by atoms with Crippen LogP contribution in [0.5, 0.6) is 0 Å². The molecule has 0 radical (unpaired) electrons. The van der Waals surface area contributed by atoms with Crippen LogP contribution in [0.4, 0.5) is 0 Å². The summed E-state index contributed by atoms with van der Waals surface area (Å²) in [7, 11) is 0. The molecule has 4 atom stereocenters. The zero-order valence-electron chi connectivity index (χ0n) is 11.3. The quantitative estimate of drug-likeness (QED) is 0.632. The largest absolute Gasteiger partial charge is 0.465 e. The van der Waals surface area contributed by atoms with Crippen molar-refractivity contribution in [1.82, 2.24) is 0 Å². The minimum absolute atomic E-state index is 0.199. The van der Waals surface area contributed by atoms with Gasteiger partial charge in [-0.15, -0.1) is 11.6 Å². The number of carbonyl (C=O) groups is 2.